The van der Waals surface area contributed by atoms with Crippen molar-refractivity contribution in [1.29, 1.82) is 0 Å². The highest BCUT2D eigenvalue weighted by Crippen LogP contribution is 2.34. The molecule has 0 fully saturated rings. The van der Waals surface area contributed by atoms with E-state index in [9.17, 15) is 19.3 Å². The number of hydrogen-bond acceptors (Lipinski definition) is 4. The minimum Gasteiger partial charge on any atom is -0.481 e. The third-order valence-corrected chi connectivity index (χ3v) is 3.28. The van der Waals surface area contributed by atoms with Crippen LogP contribution in [0.15, 0.2) is 12.1 Å². The first kappa shape index (κ1) is 17.2. The van der Waals surface area contributed by atoms with Crippen LogP contribution in [0.3, 0.4) is 0 Å². The molecule has 21 heavy (non-hydrogen) atoms. The Morgan fingerprint density at radius 1 is 1.52 bits per heavy atom. The van der Waals surface area contributed by atoms with Crippen LogP contribution in [0.25, 0.3) is 0 Å². The highest BCUT2D eigenvalue weighted by Gasteiger charge is 2.29. The molecule has 0 saturated heterocycles. The number of halogens is 2. The third-order valence-electron chi connectivity index (χ3n) is 2.99. The fourth-order valence-electron chi connectivity index (χ4n) is 1.74. The maximum Gasteiger partial charge on any atom is 0.305 e. The smallest absolute Gasteiger partial charge is 0.305 e. The maximum atomic E-state index is 13.3. The average molecular weight is 319 g/mol. The summed E-state index contributed by atoms with van der Waals surface area (Å²) < 4.78 is 13.3. The minimum atomic E-state index is -1.04. The van der Waals surface area contributed by atoms with Crippen molar-refractivity contribution in [2.45, 2.75) is 33.2 Å². The number of nitrogens with one attached hydrogen (secondary N) is 1. The molecule has 0 bridgehead atoms. The molecule has 0 amide bonds. The number of rotatable bonds is 5. The number of benzene rings is 1. The summed E-state index contributed by atoms with van der Waals surface area (Å²) in [6.07, 6.45) is -0.240. The highest BCUT2D eigenvalue weighted by atomic mass is 35.5. The van der Waals surface area contributed by atoms with Crippen LogP contribution in [0, 0.1) is 21.3 Å². The molecule has 2 N–H and O–H groups in total. The lowest BCUT2D eigenvalue weighted by molar-refractivity contribution is -0.384. The van der Waals surface area contributed by atoms with Crippen LogP contribution < -0.4 is 5.32 Å². The summed E-state index contributed by atoms with van der Waals surface area (Å²) in [5.41, 5.74) is -0.975. The van der Waals surface area contributed by atoms with Crippen LogP contribution in [-0.2, 0) is 4.79 Å². The number of nitrogens with zero attached hydrogens (tertiary/aromatic N) is 1. The van der Waals surface area contributed by atoms with Crippen molar-refractivity contribution in [2.24, 2.45) is 5.41 Å². The molecule has 0 aliphatic heterocycles. The van der Waals surface area contributed by atoms with Crippen molar-refractivity contribution in [3.05, 3.63) is 33.1 Å². The molecule has 1 atom stereocenters. The molecule has 0 aliphatic rings. The number of hydrogen-bond donors (Lipinski definition) is 2. The number of carboxylic acids is 1. The van der Waals surface area contributed by atoms with Gasteiger partial charge in [0.2, 0.25) is 0 Å². The maximum absolute atomic E-state index is 13.3. The van der Waals surface area contributed by atoms with Gasteiger partial charge in [0, 0.05) is 6.04 Å². The lowest BCUT2D eigenvalue weighted by atomic mass is 9.84. The molecular formula is C13H16ClFN2O4. The van der Waals surface area contributed by atoms with Gasteiger partial charge >= 0.3 is 5.97 Å². The van der Waals surface area contributed by atoms with E-state index >= 15 is 0 Å². The Morgan fingerprint density at radius 2 is 2.10 bits per heavy atom. The minimum absolute atomic E-state index is 0.00687. The summed E-state index contributed by atoms with van der Waals surface area (Å²) >= 11 is 5.64. The van der Waals surface area contributed by atoms with Gasteiger partial charge in [0.1, 0.15) is 11.5 Å². The van der Waals surface area contributed by atoms with Gasteiger partial charge in [0.25, 0.3) is 5.69 Å². The van der Waals surface area contributed by atoms with Gasteiger partial charge in [-0.1, -0.05) is 32.4 Å². The third kappa shape index (κ3) is 4.56. The molecule has 0 spiro atoms. The average Bonchev–Trinajstić information content (AvgIpc) is 2.30. The quantitative estimate of drug-likeness (QED) is 0.638. The number of carbonyl (C=O) groups is 1. The Bertz CT molecular complexity index is 572. The number of nitro groups is 1. The molecule has 116 valence electrons. The van der Waals surface area contributed by atoms with E-state index in [1.807, 2.05) is 0 Å². The van der Waals surface area contributed by atoms with E-state index < -0.39 is 33.9 Å². The lowest BCUT2D eigenvalue weighted by Crippen LogP contribution is -2.36. The fourth-order valence-corrected chi connectivity index (χ4v) is 1.90. The molecule has 0 radical (unpaired) electrons. The van der Waals surface area contributed by atoms with Gasteiger partial charge in [0.15, 0.2) is 0 Å². The number of aliphatic carboxylic acids is 1. The van der Waals surface area contributed by atoms with Gasteiger partial charge in [-0.2, -0.15) is 0 Å². The van der Waals surface area contributed by atoms with Crippen molar-refractivity contribution < 1.29 is 19.2 Å². The summed E-state index contributed by atoms with van der Waals surface area (Å²) in [6, 6.07) is 1.22. The Balaban J connectivity index is 3.22. The molecule has 1 rings (SSSR count). The second kappa shape index (κ2) is 6.26. The van der Waals surface area contributed by atoms with E-state index in [4.69, 9.17) is 16.7 Å². The van der Waals surface area contributed by atoms with E-state index in [0.717, 1.165) is 6.07 Å². The molecule has 0 aliphatic carbocycles. The standard InChI is InChI=1S/C13H16ClFN2O4/c1-13(2,3)11(6-12(18)19)16-9-4-7(14)8(15)5-10(9)17(20)21/h4-5,11,16H,6H2,1-3H3,(H,18,19). The molecule has 1 unspecified atom stereocenters. The zero-order valence-electron chi connectivity index (χ0n) is 11.8. The van der Waals surface area contributed by atoms with E-state index in [1.54, 1.807) is 20.8 Å². The molecular weight excluding hydrogens is 303 g/mol. The summed E-state index contributed by atoms with van der Waals surface area (Å²) in [7, 11) is 0. The van der Waals surface area contributed by atoms with Crippen LogP contribution in [0.2, 0.25) is 5.02 Å². The van der Waals surface area contributed by atoms with Gasteiger partial charge in [0.05, 0.1) is 22.4 Å². The largest absolute Gasteiger partial charge is 0.481 e. The summed E-state index contributed by atoms with van der Waals surface area (Å²) in [4.78, 5) is 21.2. The van der Waals surface area contributed by atoms with Gasteiger partial charge in [-0.25, -0.2) is 4.39 Å². The Hall–Kier alpha value is -1.89. The predicted octanol–water partition coefficient (Wildman–Crippen LogP) is 3.69. The second-order valence-corrected chi connectivity index (χ2v) is 6.11. The van der Waals surface area contributed by atoms with Gasteiger partial charge in [-0.15, -0.1) is 0 Å². The summed E-state index contributed by atoms with van der Waals surface area (Å²) in [5.74, 6) is -1.95. The van der Waals surface area contributed by atoms with Crippen molar-refractivity contribution >= 4 is 28.9 Å². The van der Waals surface area contributed by atoms with Crippen LogP contribution in [0.5, 0.6) is 0 Å². The molecule has 0 saturated carbocycles. The Morgan fingerprint density at radius 3 is 2.52 bits per heavy atom. The number of nitro benzene ring substituents is 1. The van der Waals surface area contributed by atoms with Crippen LogP contribution >= 0.6 is 11.6 Å². The molecule has 1 aromatic rings. The van der Waals surface area contributed by atoms with E-state index in [0.29, 0.717) is 6.07 Å². The topological polar surface area (TPSA) is 92.5 Å². The van der Waals surface area contributed by atoms with Crippen molar-refractivity contribution in [3.63, 3.8) is 0 Å². The van der Waals surface area contributed by atoms with E-state index in [1.165, 1.54) is 0 Å². The van der Waals surface area contributed by atoms with Crippen molar-refractivity contribution in [3.8, 4) is 0 Å². The van der Waals surface area contributed by atoms with Gasteiger partial charge in [-0.3, -0.25) is 14.9 Å². The zero-order valence-corrected chi connectivity index (χ0v) is 12.6. The lowest BCUT2D eigenvalue weighted by Gasteiger charge is -2.31. The van der Waals surface area contributed by atoms with Crippen LogP contribution in [0.1, 0.15) is 27.2 Å². The number of carboxylic acid groups (broad SMARTS) is 1. The van der Waals surface area contributed by atoms with Crippen LogP contribution in [-0.4, -0.2) is 22.0 Å². The predicted molar refractivity (Wildman–Crippen MR) is 77.2 cm³/mol. The van der Waals surface area contributed by atoms with E-state index in [-0.39, 0.29) is 17.1 Å². The monoisotopic (exact) mass is 318 g/mol. The first-order chi connectivity index (χ1) is 9.52. The first-order valence-corrected chi connectivity index (χ1v) is 6.52. The normalized spacial score (nSPS) is 12.8. The summed E-state index contributed by atoms with van der Waals surface area (Å²) in [5, 5.41) is 22.4. The summed E-state index contributed by atoms with van der Waals surface area (Å²) in [6.45, 7) is 5.39. The Kier molecular flexibility index (Phi) is 5.11. The number of anilines is 1. The zero-order chi connectivity index (χ0) is 16.4. The highest BCUT2D eigenvalue weighted by molar-refractivity contribution is 6.31. The first-order valence-electron chi connectivity index (χ1n) is 6.14. The van der Waals surface area contributed by atoms with Crippen molar-refractivity contribution in [1.82, 2.24) is 0 Å². The molecule has 8 heteroatoms. The molecule has 0 heterocycles. The second-order valence-electron chi connectivity index (χ2n) is 5.70. The SMILES string of the molecule is CC(C)(C)C(CC(=O)O)Nc1cc(Cl)c(F)cc1[N+](=O)[O-]. The van der Waals surface area contributed by atoms with Gasteiger partial charge < -0.3 is 10.4 Å². The van der Waals surface area contributed by atoms with Crippen molar-refractivity contribution in [2.75, 3.05) is 5.32 Å². The Labute approximate surface area is 126 Å². The molecule has 1 aromatic carbocycles. The fraction of sp³-hybridized carbons (Fsp3) is 0.462. The van der Waals surface area contributed by atoms with Gasteiger partial charge in [-0.05, 0) is 11.5 Å². The van der Waals surface area contributed by atoms with Crippen LogP contribution in [0.4, 0.5) is 15.8 Å². The molecule has 6 nitrogen and oxygen atoms in total. The van der Waals surface area contributed by atoms with E-state index in [2.05, 4.69) is 5.32 Å². The molecule has 0 aromatic heterocycles.